The first-order valence-corrected chi connectivity index (χ1v) is 5.30. The number of aromatic nitrogens is 2. The molecule has 0 aliphatic rings. The SMILES string of the molecule is NCCc1nccn1-c1cc(F)ccc1[N+](=O)[O-]. The molecule has 1 aromatic heterocycles. The van der Waals surface area contributed by atoms with Crippen molar-refractivity contribution in [3.8, 4) is 5.69 Å². The molecule has 2 N–H and O–H groups in total. The van der Waals surface area contributed by atoms with Crippen LogP contribution in [-0.4, -0.2) is 21.0 Å². The highest BCUT2D eigenvalue weighted by Crippen LogP contribution is 2.24. The number of hydrogen-bond donors (Lipinski definition) is 1. The third kappa shape index (κ3) is 2.21. The van der Waals surface area contributed by atoms with Crippen molar-refractivity contribution in [1.82, 2.24) is 9.55 Å². The van der Waals surface area contributed by atoms with Gasteiger partial charge in [0.05, 0.1) is 4.92 Å². The molecule has 0 radical (unpaired) electrons. The lowest BCUT2D eigenvalue weighted by atomic mass is 10.2. The summed E-state index contributed by atoms with van der Waals surface area (Å²) in [6.07, 6.45) is 3.51. The molecular formula is C11H11FN4O2. The van der Waals surface area contributed by atoms with E-state index in [-0.39, 0.29) is 11.4 Å². The van der Waals surface area contributed by atoms with Crippen molar-refractivity contribution >= 4 is 5.69 Å². The van der Waals surface area contributed by atoms with Gasteiger partial charge in [0.1, 0.15) is 17.3 Å². The van der Waals surface area contributed by atoms with Crippen molar-refractivity contribution in [1.29, 1.82) is 0 Å². The van der Waals surface area contributed by atoms with Gasteiger partial charge in [-0.25, -0.2) is 9.37 Å². The molecule has 0 unspecified atom stereocenters. The maximum absolute atomic E-state index is 13.2. The minimum Gasteiger partial charge on any atom is -0.330 e. The van der Waals surface area contributed by atoms with Crippen LogP contribution in [0.4, 0.5) is 10.1 Å². The van der Waals surface area contributed by atoms with E-state index in [0.29, 0.717) is 18.8 Å². The molecule has 2 aromatic rings. The molecule has 0 saturated carbocycles. The number of hydrogen-bond acceptors (Lipinski definition) is 4. The molecule has 0 bridgehead atoms. The summed E-state index contributed by atoms with van der Waals surface area (Å²) >= 11 is 0. The van der Waals surface area contributed by atoms with Gasteiger partial charge >= 0.3 is 0 Å². The van der Waals surface area contributed by atoms with Crippen LogP contribution >= 0.6 is 0 Å². The molecule has 0 fully saturated rings. The summed E-state index contributed by atoms with van der Waals surface area (Å²) in [6, 6.07) is 3.30. The quantitative estimate of drug-likeness (QED) is 0.656. The third-order valence-corrected chi connectivity index (χ3v) is 2.48. The number of benzene rings is 1. The summed E-state index contributed by atoms with van der Waals surface area (Å²) in [4.78, 5) is 14.4. The molecule has 7 heteroatoms. The minimum atomic E-state index is -0.555. The average Bonchev–Trinajstić information content (AvgIpc) is 2.77. The van der Waals surface area contributed by atoms with E-state index in [1.54, 1.807) is 6.20 Å². The zero-order valence-corrected chi connectivity index (χ0v) is 9.41. The predicted octanol–water partition coefficient (Wildman–Crippen LogP) is 1.42. The Morgan fingerprint density at radius 1 is 1.50 bits per heavy atom. The number of rotatable bonds is 4. The second kappa shape index (κ2) is 4.92. The van der Waals surface area contributed by atoms with Crippen molar-refractivity contribution in [2.24, 2.45) is 5.73 Å². The predicted molar refractivity (Wildman–Crippen MR) is 62.9 cm³/mol. The molecular weight excluding hydrogens is 239 g/mol. The fourth-order valence-corrected chi connectivity index (χ4v) is 1.71. The van der Waals surface area contributed by atoms with Crippen molar-refractivity contribution in [3.63, 3.8) is 0 Å². The highest BCUT2D eigenvalue weighted by atomic mass is 19.1. The first kappa shape index (κ1) is 12.2. The zero-order valence-electron chi connectivity index (χ0n) is 9.41. The maximum Gasteiger partial charge on any atom is 0.293 e. The number of nitro groups is 1. The molecule has 0 atom stereocenters. The van der Waals surface area contributed by atoms with E-state index in [9.17, 15) is 14.5 Å². The van der Waals surface area contributed by atoms with E-state index in [2.05, 4.69) is 4.98 Å². The summed E-state index contributed by atoms with van der Waals surface area (Å²) in [5.41, 5.74) is 5.41. The van der Waals surface area contributed by atoms with Crippen molar-refractivity contribution in [2.45, 2.75) is 6.42 Å². The Labute approximate surface area is 102 Å². The van der Waals surface area contributed by atoms with Gasteiger partial charge < -0.3 is 5.73 Å². The number of imidazole rings is 1. The molecule has 94 valence electrons. The van der Waals surface area contributed by atoms with E-state index in [0.717, 1.165) is 18.2 Å². The number of nitrogens with two attached hydrogens (primary N) is 1. The lowest BCUT2D eigenvalue weighted by Crippen LogP contribution is -2.10. The highest BCUT2D eigenvalue weighted by molar-refractivity contribution is 5.53. The second-order valence-electron chi connectivity index (χ2n) is 3.64. The van der Waals surface area contributed by atoms with Crippen LogP contribution in [0.15, 0.2) is 30.6 Å². The monoisotopic (exact) mass is 250 g/mol. The van der Waals surface area contributed by atoms with Crippen molar-refractivity contribution in [2.75, 3.05) is 6.54 Å². The fourth-order valence-electron chi connectivity index (χ4n) is 1.71. The topological polar surface area (TPSA) is 87.0 Å². The van der Waals surface area contributed by atoms with Crippen LogP contribution in [-0.2, 0) is 6.42 Å². The standard InChI is InChI=1S/C11H11FN4O2/c12-8-1-2-9(16(17)18)10(7-8)15-6-5-14-11(15)3-4-13/h1-2,5-7H,3-4,13H2. The molecule has 0 amide bonds. The minimum absolute atomic E-state index is 0.154. The third-order valence-electron chi connectivity index (χ3n) is 2.48. The summed E-state index contributed by atoms with van der Waals surface area (Å²) in [5, 5.41) is 10.9. The van der Waals surface area contributed by atoms with Gasteiger partial charge in [-0.05, 0) is 12.6 Å². The van der Waals surface area contributed by atoms with Crippen LogP contribution in [0.25, 0.3) is 5.69 Å². The average molecular weight is 250 g/mol. The molecule has 0 aliphatic heterocycles. The maximum atomic E-state index is 13.2. The lowest BCUT2D eigenvalue weighted by Gasteiger charge is -2.07. The van der Waals surface area contributed by atoms with E-state index >= 15 is 0 Å². The van der Waals surface area contributed by atoms with Gasteiger partial charge in [0.15, 0.2) is 0 Å². The molecule has 0 aliphatic carbocycles. The van der Waals surface area contributed by atoms with Crippen LogP contribution in [0, 0.1) is 15.9 Å². The van der Waals surface area contributed by atoms with Gasteiger partial charge in [0.2, 0.25) is 0 Å². The number of halogens is 1. The molecule has 18 heavy (non-hydrogen) atoms. The number of nitrogens with zero attached hydrogens (tertiary/aromatic N) is 3. The zero-order chi connectivity index (χ0) is 13.1. The van der Waals surface area contributed by atoms with E-state index in [1.807, 2.05) is 0 Å². The van der Waals surface area contributed by atoms with Crippen LogP contribution in [0.3, 0.4) is 0 Å². The second-order valence-corrected chi connectivity index (χ2v) is 3.64. The summed E-state index contributed by atoms with van der Waals surface area (Å²) in [5.74, 6) is 0.0224. The lowest BCUT2D eigenvalue weighted by molar-refractivity contribution is -0.384. The molecule has 6 nitrogen and oxygen atoms in total. The molecule has 1 heterocycles. The Morgan fingerprint density at radius 2 is 2.28 bits per heavy atom. The molecule has 1 aromatic carbocycles. The van der Waals surface area contributed by atoms with Gasteiger partial charge in [-0.1, -0.05) is 0 Å². The molecule has 2 rings (SSSR count). The summed E-state index contributed by atoms with van der Waals surface area (Å²) in [6.45, 7) is 0.361. The van der Waals surface area contributed by atoms with Gasteiger partial charge in [0, 0.05) is 30.9 Å². The Morgan fingerprint density at radius 3 is 2.94 bits per heavy atom. The highest BCUT2D eigenvalue weighted by Gasteiger charge is 2.18. The van der Waals surface area contributed by atoms with Crippen LogP contribution in [0.1, 0.15) is 5.82 Å². The van der Waals surface area contributed by atoms with Gasteiger partial charge in [-0.2, -0.15) is 0 Å². The first-order valence-electron chi connectivity index (χ1n) is 5.30. The first-order chi connectivity index (χ1) is 8.63. The van der Waals surface area contributed by atoms with Gasteiger partial charge in [-0.3, -0.25) is 14.7 Å². The largest absolute Gasteiger partial charge is 0.330 e. The fraction of sp³-hybridized carbons (Fsp3) is 0.182. The number of nitro benzene ring substituents is 1. The van der Waals surface area contributed by atoms with Crippen molar-refractivity contribution in [3.05, 3.63) is 52.3 Å². The molecule has 0 saturated heterocycles. The van der Waals surface area contributed by atoms with Crippen LogP contribution < -0.4 is 5.73 Å². The molecule has 0 spiro atoms. The Bertz CT molecular complexity index is 582. The Hall–Kier alpha value is -2.28. The Kier molecular flexibility index (Phi) is 3.33. The van der Waals surface area contributed by atoms with E-state index in [4.69, 9.17) is 5.73 Å². The van der Waals surface area contributed by atoms with E-state index in [1.165, 1.54) is 10.8 Å². The van der Waals surface area contributed by atoms with Crippen LogP contribution in [0.5, 0.6) is 0 Å². The van der Waals surface area contributed by atoms with E-state index < -0.39 is 10.7 Å². The normalized spacial score (nSPS) is 10.6. The van der Waals surface area contributed by atoms with Crippen molar-refractivity contribution < 1.29 is 9.31 Å². The van der Waals surface area contributed by atoms with Crippen LogP contribution in [0.2, 0.25) is 0 Å². The van der Waals surface area contributed by atoms with Gasteiger partial charge in [-0.15, -0.1) is 0 Å². The smallest absolute Gasteiger partial charge is 0.293 e. The summed E-state index contributed by atoms with van der Waals surface area (Å²) < 4.78 is 14.7. The summed E-state index contributed by atoms with van der Waals surface area (Å²) in [7, 11) is 0. The Balaban J connectivity index is 2.58. The van der Waals surface area contributed by atoms with Gasteiger partial charge in [0.25, 0.3) is 5.69 Å².